The maximum atomic E-state index is 13.1. The lowest BCUT2D eigenvalue weighted by molar-refractivity contribution is -0.121. The summed E-state index contributed by atoms with van der Waals surface area (Å²) in [5.74, 6) is -1.12. The molecule has 2 amide bonds. The third kappa shape index (κ3) is 5.34. The molecule has 0 saturated heterocycles. The van der Waals surface area contributed by atoms with Crippen molar-refractivity contribution in [2.24, 2.45) is 10.1 Å². The number of thioether (sulfide) groups is 1. The molecule has 9 heteroatoms. The Morgan fingerprint density at radius 1 is 1.14 bits per heavy atom. The number of amidine groups is 1. The number of halogens is 2. The molecular weight excluding hydrogens is 499 g/mol. The fourth-order valence-electron chi connectivity index (χ4n) is 4.10. The summed E-state index contributed by atoms with van der Waals surface area (Å²) >= 11 is 7.49. The Balaban J connectivity index is 1.35. The maximum absolute atomic E-state index is 13.1. The van der Waals surface area contributed by atoms with Crippen molar-refractivity contribution in [2.45, 2.75) is 31.1 Å². The number of aliphatic imine (C=N–C) groups is 1. The molecule has 36 heavy (non-hydrogen) atoms. The summed E-state index contributed by atoms with van der Waals surface area (Å²) in [7, 11) is 0. The fraction of sp³-hybridized carbons (Fsp3) is 0.185. The normalized spacial score (nSPS) is 19.3. The number of amides is 2. The SMILES string of the molecule is Cc1ccc(C2=NN(C3=NC(=O)[C@H](CC(=O)Nc4ccc(F)cc4)S3)[C@H](c3cccc(Cl)c3)C2)cc1. The van der Waals surface area contributed by atoms with E-state index in [-0.39, 0.29) is 24.3 Å². The van der Waals surface area contributed by atoms with Gasteiger partial charge in [-0.1, -0.05) is 65.3 Å². The van der Waals surface area contributed by atoms with Crippen molar-refractivity contribution < 1.29 is 14.0 Å². The van der Waals surface area contributed by atoms with Gasteiger partial charge in [0.1, 0.15) is 11.1 Å². The maximum Gasteiger partial charge on any atom is 0.262 e. The molecule has 2 aliphatic heterocycles. The van der Waals surface area contributed by atoms with Crippen LogP contribution >= 0.6 is 23.4 Å². The van der Waals surface area contributed by atoms with Crippen LogP contribution in [0.1, 0.15) is 35.6 Å². The molecular formula is C27H22ClFN4O2S. The van der Waals surface area contributed by atoms with Gasteiger partial charge in [-0.05, 0) is 54.4 Å². The van der Waals surface area contributed by atoms with Crippen molar-refractivity contribution in [1.29, 1.82) is 0 Å². The van der Waals surface area contributed by atoms with Gasteiger partial charge in [-0.3, -0.25) is 9.59 Å². The number of rotatable bonds is 5. The van der Waals surface area contributed by atoms with Gasteiger partial charge in [0.25, 0.3) is 5.91 Å². The summed E-state index contributed by atoms with van der Waals surface area (Å²) in [5.41, 5.74) is 4.46. The van der Waals surface area contributed by atoms with Crippen molar-refractivity contribution in [3.63, 3.8) is 0 Å². The number of carbonyl (C=O) groups is 2. The predicted molar refractivity (Wildman–Crippen MR) is 142 cm³/mol. The number of aryl methyl sites for hydroxylation is 1. The zero-order valence-electron chi connectivity index (χ0n) is 19.3. The second-order valence-electron chi connectivity index (χ2n) is 8.63. The van der Waals surface area contributed by atoms with Crippen LogP contribution in [0.2, 0.25) is 5.02 Å². The summed E-state index contributed by atoms with van der Waals surface area (Å²) in [5, 5.41) is 9.71. The highest BCUT2D eigenvalue weighted by Crippen LogP contribution is 2.39. The summed E-state index contributed by atoms with van der Waals surface area (Å²) in [6.45, 7) is 2.03. The molecule has 0 aliphatic carbocycles. The minimum atomic E-state index is -0.668. The van der Waals surface area contributed by atoms with E-state index in [2.05, 4.69) is 10.3 Å². The molecule has 6 nitrogen and oxygen atoms in total. The Labute approximate surface area is 217 Å². The van der Waals surface area contributed by atoms with Gasteiger partial charge in [0.05, 0.1) is 11.8 Å². The topological polar surface area (TPSA) is 74.1 Å². The van der Waals surface area contributed by atoms with Gasteiger partial charge in [0.15, 0.2) is 5.17 Å². The number of hydrogen-bond acceptors (Lipinski definition) is 5. The molecule has 5 rings (SSSR count). The van der Waals surface area contributed by atoms with Gasteiger partial charge in [0, 0.05) is 23.6 Å². The molecule has 0 aromatic heterocycles. The largest absolute Gasteiger partial charge is 0.326 e. The highest BCUT2D eigenvalue weighted by molar-refractivity contribution is 8.15. The monoisotopic (exact) mass is 520 g/mol. The molecule has 3 aromatic carbocycles. The average molecular weight is 521 g/mol. The Morgan fingerprint density at radius 3 is 2.61 bits per heavy atom. The summed E-state index contributed by atoms with van der Waals surface area (Å²) in [6.07, 6.45) is 0.560. The molecule has 3 aromatic rings. The fourth-order valence-corrected chi connectivity index (χ4v) is 5.36. The van der Waals surface area contributed by atoms with E-state index < -0.39 is 11.1 Å². The molecule has 0 unspecified atom stereocenters. The number of nitrogens with one attached hydrogen (secondary N) is 1. The third-order valence-electron chi connectivity index (χ3n) is 5.95. The zero-order chi connectivity index (χ0) is 25.2. The minimum Gasteiger partial charge on any atom is -0.326 e. The van der Waals surface area contributed by atoms with Gasteiger partial charge in [0.2, 0.25) is 5.91 Å². The Kier molecular flexibility index (Phi) is 6.89. The van der Waals surface area contributed by atoms with Crippen LogP contribution < -0.4 is 5.32 Å². The van der Waals surface area contributed by atoms with Crippen molar-refractivity contribution >= 4 is 51.7 Å². The first-order chi connectivity index (χ1) is 17.4. The average Bonchev–Trinajstić information content (AvgIpc) is 3.45. The quantitative estimate of drug-likeness (QED) is 0.450. The number of hydrogen-bond donors (Lipinski definition) is 1. The Bertz CT molecular complexity index is 1380. The van der Waals surface area contributed by atoms with E-state index in [1.807, 2.05) is 55.5 Å². The van der Waals surface area contributed by atoms with Crippen LogP contribution in [0.5, 0.6) is 0 Å². The lowest BCUT2D eigenvalue weighted by Crippen LogP contribution is -2.25. The summed E-state index contributed by atoms with van der Waals surface area (Å²) in [4.78, 5) is 29.5. The Morgan fingerprint density at radius 2 is 1.89 bits per heavy atom. The number of nitrogens with zero attached hydrogens (tertiary/aromatic N) is 3. The van der Waals surface area contributed by atoms with Crippen LogP contribution in [0.4, 0.5) is 10.1 Å². The molecule has 0 radical (unpaired) electrons. The third-order valence-corrected chi connectivity index (χ3v) is 7.33. The Hall–Kier alpha value is -3.49. The number of benzene rings is 3. The van der Waals surface area contributed by atoms with Crippen molar-refractivity contribution in [1.82, 2.24) is 5.01 Å². The molecule has 182 valence electrons. The van der Waals surface area contributed by atoms with Crippen molar-refractivity contribution in [3.8, 4) is 0 Å². The lowest BCUT2D eigenvalue weighted by Gasteiger charge is -2.23. The van der Waals surface area contributed by atoms with E-state index in [0.29, 0.717) is 22.3 Å². The highest BCUT2D eigenvalue weighted by Gasteiger charge is 2.39. The van der Waals surface area contributed by atoms with E-state index in [4.69, 9.17) is 16.7 Å². The van der Waals surface area contributed by atoms with E-state index in [9.17, 15) is 14.0 Å². The van der Waals surface area contributed by atoms with Gasteiger partial charge >= 0.3 is 0 Å². The highest BCUT2D eigenvalue weighted by atomic mass is 35.5. The molecule has 1 N–H and O–H groups in total. The first-order valence-electron chi connectivity index (χ1n) is 11.4. The standard InChI is InChI=1S/C27H22ClFN4O2S/c1-16-5-7-17(8-6-16)22-14-23(18-3-2-4-19(28)13-18)33(32-22)27-31-26(35)24(36-27)15-25(34)30-21-11-9-20(29)10-12-21/h2-13,23-24H,14-15H2,1H3,(H,30,34)/t23-,24-/m0/s1. The molecule has 0 fully saturated rings. The van der Waals surface area contributed by atoms with Crippen LogP contribution in [-0.2, 0) is 9.59 Å². The summed E-state index contributed by atoms with van der Waals surface area (Å²) < 4.78 is 13.1. The van der Waals surface area contributed by atoms with Crippen LogP contribution in [0.25, 0.3) is 0 Å². The minimum absolute atomic E-state index is 0.0575. The van der Waals surface area contributed by atoms with Crippen molar-refractivity contribution in [3.05, 3.63) is 100 Å². The number of anilines is 1. The van der Waals surface area contributed by atoms with Gasteiger partial charge in [-0.25, -0.2) is 9.40 Å². The molecule has 2 heterocycles. The van der Waals surface area contributed by atoms with Crippen LogP contribution in [0.3, 0.4) is 0 Å². The molecule has 0 bridgehead atoms. The smallest absolute Gasteiger partial charge is 0.262 e. The summed E-state index contributed by atoms with van der Waals surface area (Å²) in [6, 6.07) is 21.0. The van der Waals surface area contributed by atoms with Gasteiger partial charge in [-0.15, -0.1) is 0 Å². The first kappa shape index (κ1) is 24.2. The zero-order valence-corrected chi connectivity index (χ0v) is 20.9. The molecule has 2 atom stereocenters. The number of carbonyl (C=O) groups excluding carboxylic acids is 2. The molecule has 0 spiro atoms. The molecule has 0 saturated carbocycles. The van der Waals surface area contributed by atoms with E-state index in [1.165, 1.54) is 36.0 Å². The molecule has 2 aliphatic rings. The second kappa shape index (κ2) is 10.2. The van der Waals surface area contributed by atoms with Crippen LogP contribution in [-0.4, -0.2) is 33.0 Å². The second-order valence-corrected chi connectivity index (χ2v) is 10.2. The van der Waals surface area contributed by atoms with Crippen LogP contribution in [0.15, 0.2) is 82.9 Å². The van der Waals surface area contributed by atoms with E-state index in [0.717, 1.165) is 22.4 Å². The van der Waals surface area contributed by atoms with E-state index >= 15 is 0 Å². The van der Waals surface area contributed by atoms with Crippen LogP contribution in [0, 0.1) is 12.7 Å². The lowest BCUT2D eigenvalue weighted by atomic mass is 9.98. The van der Waals surface area contributed by atoms with Crippen molar-refractivity contribution in [2.75, 3.05) is 5.32 Å². The van der Waals surface area contributed by atoms with Gasteiger partial charge in [-0.2, -0.15) is 10.1 Å². The number of hydrazone groups is 1. The van der Waals surface area contributed by atoms with E-state index in [1.54, 1.807) is 5.01 Å². The first-order valence-corrected chi connectivity index (χ1v) is 12.7. The predicted octanol–water partition coefficient (Wildman–Crippen LogP) is 5.97. The van der Waals surface area contributed by atoms with Gasteiger partial charge < -0.3 is 5.32 Å².